The smallest absolute Gasteiger partial charge is 0.410 e. The number of carbonyl (C=O) groups is 3. The van der Waals surface area contributed by atoms with Crippen LogP contribution in [0, 0.1) is 5.92 Å². The summed E-state index contributed by atoms with van der Waals surface area (Å²) in [5, 5.41) is 7.18. The highest BCUT2D eigenvalue weighted by atomic mass is 16.6. The van der Waals surface area contributed by atoms with E-state index in [0.29, 0.717) is 30.9 Å². The van der Waals surface area contributed by atoms with E-state index in [9.17, 15) is 14.4 Å². The third-order valence-electron chi connectivity index (χ3n) is 5.21. The minimum atomic E-state index is -0.515. The Morgan fingerprint density at radius 2 is 1.88 bits per heavy atom. The molecule has 1 aromatic heterocycles. The van der Waals surface area contributed by atoms with Crippen LogP contribution in [0.3, 0.4) is 0 Å². The number of likely N-dealkylation sites (tertiary alicyclic amines) is 1. The van der Waals surface area contributed by atoms with Crippen molar-refractivity contribution in [1.29, 1.82) is 0 Å². The van der Waals surface area contributed by atoms with E-state index in [1.54, 1.807) is 34.8 Å². The molecule has 9 nitrogen and oxygen atoms in total. The van der Waals surface area contributed by atoms with E-state index in [-0.39, 0.29) is 30.2 Å². The first-order valence-electron chi connectivity index (χ1n) is 11.3. The zero-order valence-corrected chi connectivity index (χ0v) is 19.7. The predicted octanol–water partition coefficient (Wildman–Crippen LogP) is 4.02. The van der Waals surface area contributed by atoms with E-state index in [0.717, 1.165) is 12.8 Å². The van der Waals surface area contributed by atoms with E-state index in [1.165, 1.54) is 0 Å². The lowest BCUT2D eigenvalue weighted by Crippen LogP contribution is -2.42. The second-order valence-corrected chi connectivity index (χ2v) is 9.08. The van der Waals surface area contributed by atoms with Crippen LogP contribution in [0.5, 0.6) is 0 Å². The summed E-state index contributed by atoms with van der Waals surface area (Å²) in [5.74, 6) is -0.334. The van der Waals surface area contributed by atoms with E-state index in [2.05, 4.69) is 10.4 Å². The summed E-state index contributed by atoms with van der Waals surface area (Å²) in [6, 6.07) is 8.85. The molecule has 1 aliphatic rings. The maximum atomic E-state index is 12.6. The number of nitrogens with zero attached hydrogens (tertiary/aromatic N) is 3. The van der Waals surface area contributed by atoms with Crippen LogP contribution < -0.4 is 5.32 Å². The van der Waals surface area contributed by atoms with Gasteiger partial charge in [0.1, 0.15) is 5.60 Å². The maximum absolute atomic E-state index is 12.6. The Morgan fingerprint density at radius 1 is 1.15 bits per heavy atom. The van der Waals surface area contributed by atoms with Crippen molar-refractivity contribution >= 4 is 23.7 Å². The number of aromatic nitrogens is 2. The van der Waals surface area contributed by atoms with Crippen molar-refractivity contribution < 1.29 is 23.9 Å². The molecule has 1 aromatic carbocycles. The van der Waals surface area contributed by atoms with Gasteiger partial charge >= 0.3 is 12.1 Å². The molecule has 0 saturated carbocycles. The van der Waals surface area contributed by atoms with Gasteiger partial charge in [-0.2, -0.15) is 5.10 Å². The highest BCUT2D eigenvalue weighted by Gasteiger charge is 2.27. The minimum Gasteiger partial charge on any atom is -0.461 e. The van der Waals surface area contributed by atoms with Crippen LogP contribution in [0.25, 0.3) is 5.69 Å². The molecule has 0 unspecified atom stereocenters. The first-order chi connectivity index (χ1) is 15.6. The zero-order valence-electron chi connectivity index (χ0n) is 19.7. The number of hydrogen-bond acceptors (Lipinski definition) is 6. The zero-order chi connectivity index (χ0) is 24.0. The lowest BCUT2D eigenvalue weighted by molar-refractivity contribution is -0.117. The lowest BCUT2D eigenvalue weighted by Gasteiger charge is -2.33. The number of carbonyl (C=O) groups excluding carboxylic acids is 3. The highest BCUT2D eigenvalue weighted by Crippen LogP contribution is 2.23. The molecule has 2 amide bonds. The number of nitrogens with one attached hydrogen (secondary N) is 1. The van der Waals surface area contributed by atoms with E-state index in [4.69, 9.17) is 9.47 Å². The standard InChI is InChI=1S/C24H32N4O5/c1-5-32-22(30)20-11-14-28(26-20)19-8-6-7-18(16-19)25-21(29)15-17-9-12-27(13-10-17)23(31)33-24(2,3)4/h6-8,11,14,16-17H,5,9-10,12-13,15H2,1-4H3,(H,25,29). The Morgan fingerprint density at radius 3 is 2.55 bits per heavy atom. The van der Waals surface area contributed by atoms with E-state index >= 15 is 0 Å². The Balaban J connectivity index is 1.52. The van der Waals surface area contributed by atoms with Crippen molar-refractivity contribution in [3.8, 4) is 5.69 Å². The second-order valence-electron chi connectivity index (χ2n) is 9.08. The fourth-order valence-corrected chi connectivity index (χ4v) is 3.63. The van der Waals surface area contributed by atoms with Crippen molar-refractivity contribution in [2.45, 2.75) is 52.6 Å². The van der Waals surface area contributed by atoms with E-state index in [1.807, 2.05) is 39.0 Å². The second kappa shape index (κ2) is 10.5. The molecule has 0 spiro atoms. The third kappa shape index (κ3) is 7.06. The number of amides is 2. The average Bonchev–Trinajstić information content (AvgIpc) is 3.24. The Hall–Kier alpha value is -3.36. The first kappa shape index (κ1) is 24.3. The van der Waals surface area contributed by atoms with Gasteiger partial charge in [0.05, 0.1) is 12.3 Å². The van der Waals surface area contributed by atoms with Crippen LogP contribution in [0.1, 0.15) is 57.4 Å². The number of piperidine rings is 1. The van der Waals surface area contributed by atoms with Crippen molar-refractivity contribution in [1.82, 2.24) is 14.7 Å². The van der Waals surface area contributed by atoms with Crippen LogP contribution in [0.15, 0.2) is 36.5 Å². The molecule has 178 valence electrons. The fourth-order valence-electron chi connectivity index (χ4n) is 3.63. The summed E-state index contributed by atoms with van der Waals surface area (Å²) in [4.78, 5) is 38.3. The molecular formula is C24H32N4O5. The van der Waals surface area contributed by atoms with Crippen LogP contribution in [0.2, 0.25) is 0 Å². The van der Waals surface area contributed by atoms with Crippen LogP contribution in [-0.4, -0.2) is 57.9 Å². The molecule has 0 atom stereocenters. The Labute approximate surface area is 194 Å². The van der Waals surface area contributed by atoms with E-state index < -0.39 is 11.6 Å². The normalized spacial score (nSPS) is 14.6. The molecular weight excluding hydrogens is 424 g/mol. The molecule has 2 heterocycles. The van der Waals surface area contributed by atoms with Gasteiger partial charge in [0, 0.05) is 31.4 Å². The number of hydrogen-bond donors (Lipinski definition) is 1. The summed E-state index contributed by atoms with van der Waals surface area (Å²) >= 11 is 0. The predicted molar refractivity (Wildman–Crippen MR) is 123 cm³/mol. The topological polar surface area (TPSA) is 103 Å². The van der Waals surface area contributed by atoms with Crippen molar-refractivity contribution in [2.24, 2.45) is 5.92 Å². The highest BCUT2D eigenvalue weighted by molar-refractivity contribution is 5.91. The maximum Gasteiger partial charge on any atom is 0.410 e. The molecule has 1 saturated heterocycles. The first-order valence-corrected chi connectivity index (χ1v) is 11.3. The SMILES string of the molecule is CCOC(=O)c1ccn(-c2cccc(NC(=O)CC3CCN(C(=O)OC(C)(C)C)CC3)c2)n1. The summed E-state index contributed by atoms with van der Waals surface area (Å²) in [7, 11) is 0. The molecule has 0 bridgehead atoms. The van der Waals surface area contributed by atoms with Gasteiger partial charge in [-0.05, 0) is 70.7 Å². The van der Waals surface area contributed by atoms with Gasteiger partial charge in [-0.1, -0.05) is 6.07 Å². The van der Waals surface area contributed by atoms with Gasteiger partial charge in [0.25, 0.3) is 0 Å². The summed E-state index contributed by atoms with van der Waals surface area (Å²) < 4.78 is 12.0. The molecule has 2 aromatic rings. The summed E-state index contributed by atoms with van der Waals surface area (Å²) in [6.07, 6.45) is 3.28. The number of benzene rings is 1. The third-order valence-corrected chi connectivity index (χ3v) is 5.21. The number of anilines is 1. The Bertz CT molecular complexity index is 987. The average molecular weight is 457 g/mol. The fraction of sp³-hybridized carbons (Fsp3) is 0.500. The van der Waals surface area contributed by atoms with Gasteiger partial charge in [0.2, 0.25) is 5.91 Å². The summed E-state index contributed by atoms with van der Waals surface area (Å²) in [5.41, 5.74) is 1.08. The van der Waals surface area contributed by atoms with Crippen LogP contribution in [0.4, 0.5) is 10.5 Å². The summed E-state index contributed by atoms with van der Waals surface area (Å²) in [6.45, 7) is 8.75. The van der Waals surface area contributed by atoms with Gasteiger partial charge in [-0.25, -0.2) is 14.3 Å². The molecule has 1 aliphatic heterocycles. The molecule has 9 heteroatoms. The number of rotatable bonds is 6. The van der Waals surface area contributed by atoms with Crippen molar-refractivity contribution in [3.05, 3.63) is 42.2 Å². The van der Waals surface area contributed by atoms with Gasteiger partial charge < -0.3 is 19.7 Å². The molecule has 1 fully saturated rings. The Kier molecular flexibility index (Phi) is 7.73. The minimum absolute atomic E-state index is 0.0736. The molecule has 0 radical (unpaired) electrons. The number of ether oxygens (including phenoxy) is 2. The lowest BCUT2D eigenvalue weighted by atomic mass is 9.93. The monoisotopic (exact) mass is 456 g/mol. The van der Waals surface area contributed by atoms with Crippen molar-refractivity contribution in [2.75, 3.05) is 25.0 Å². The molecule has 3 rings (SSSR count). The van der Waals surface area contributed by atoms with Gasteiger partial charge in [-0.15, -0.1) is 0 Å². The molecule has 33 heavy (non-hydrogen) atoms. The molecule has 0 aliphatic carbocycles. The van der Waals surface area contributed by atoms with Crippen LogP contribution in [-0.2, 0) is 14.3 Å². The quantitative estimate of drug-likeness (QED) is 0.659. The van der Waals surface area contributed by atoms with Gasteiger partial charge in [0.15, 0.2) is 5.69 Å². The largest absolute Gasteiger partial charge is 0.461 e. The van der Waals surface area contributed by atoms with Crippen LogP contribution >= 0.6 is 0 Å². The van der Waals surface area contributed by atoms with Crippen molar-refractivity contribution in [3.63, 3.8) is 0 Å². The number of esters is 1. The molecule has 1 N–H and O–H groups in total. The van der Waals surface area contributed by atoms with Gasteiger partial charge in [-0.3, -0.25) is 4.79 Å².